The Kier molecular flexibility index (Phi) is 4.34. The van der Waals surface area contributed by atoms with Crippen LogP contribution in [0.4, 0.5) is 18.9 Å². The van der Waals surface area contributed by atoms with E-state index in [1.54, 1.807) is 5.43 Å². The van der Waals surface area contributed by atoms with Gasteiger partial charge in [-0.05, 0) is 37.1 Å². The molecule has 1 saturated carbocycles. The van der Waals surface area contributed by atoms with Crippen LogP contribution in [0.25, 0.3) is 0 Å². The summed E-state index contributed by atoms with van der Waals surface area (Å²) in [5, 5.41) is 2.65. The molecule has 118 valence electrons. The number of carbonyl (C=O) groups excluding carboxylic acids is 3. The van der Waals surface area contributed by atoms with Gasteiger partial charge in [0.15, 0.2) is 0 Å². The van der Waals surface area contributed by atoms with Crippen molar-refractivity contribution in [3.05, 3.63) is 29.8 Å². The van der Waals surface area contributed by atoms with E-state index in [1.807, 2.05) is 0 Å². The number of hydrogen-bond donors (Lipinski definition) is 3. The van der Waals surface area contributed by atoms with Crippen LogP contribution in [0.3, 0.4) is 0 Å². The fourth-order valence-corrected chi connectivity index (χ4v) is 1.55. The normalized spacial score (nSPS) is 14.1. The molecule has 1 aromatic carbocycles. The zero-order valence-electron chi connectivity index (χ0n) is 11.2. The van der Waals surface area contributed by atoms with Crippen molar-refractivity contribution in [3.8, 4) is 0 Å². The number of nitrogens with one attached hydrogen (secondary N) is 3. The molecule has 1 fully saturated rings. The van der Waals surface area contributed by atoms with Crippen molar-refractivity contribution in [1.82, 2.24) is 10.9 Å². The van der Waals surface area contributed by atoms with E-state index in [0.29, 0.717) is 5.69 Å². The monoisotopic (exact) mass is 315 g/mol. The van der Waals surface area contributed by atoms with Crippen molar-refractivity contribution in [2.24, 2.45) is 5.92 Å². The van der Waals surface area contributed by atoms with E-state index in [0.717, 1.165) is 12.8 Å². The van der Waals surface area contributed by atoms with Crippen molar-refractivity contribution >= 4 is 23.4 Å². The summed E-state index contributed by atoms with van der Waals surface area (Å²) in [5.41, 5.74) is 3.42. The highest BCUT2D eigenvalue weighted by Gasteiger charge is 2.39. The third-order valence-electron chi connectivity index (χ3n) is 2.91. The largest absolute Gasteiger partial charge is 0.472 e. The van der Waals surface area contributed by atoms with Gasteiger partial charge in [-0.15, -0.1) is 0 Å². The molecule has 0 heterocycles. The summed E-state index contributed by atoms with van der Waals surface area (Å²) in [5.74, 6) is -3.25. The predicted molar refractivity (Wildman–Crippen MR) is 69.5 cm³/mol. The van der Waals surface area contributed by atoms with Gasteiger partial charge in [0, 0.05) is 17.2 Å². The Morgan fingerprint density at radius 3 is 2.09 bits per heavy atom. The molecule has 9 heteroatoms. The SMILES string of the molecule is O=C(NNC(=O)C(F)(F)F)c1ccc(NC(=O)C2CC2)cc1. The molecule has 3 N–H and O–H groups in total. The number of carbonyl (C=O) groups is 3. The molecule has 0 unspecified atom stereocenters. The number of amides is 3. The molecular weight excluding hydrogens is 303 g/mol. The summed E-state index contributed by atoms with van der Waals surface area (Å²) in [4.78, 5) is 33.6. The minimum absolute atomic E-state index is 0.0283. The summed E-state index contributed by atoms with van der Waals surface area (Å²) in [6.07, 6.45) is -3.37. The Morgan fingerprint density at radius 1 is 1.00 bits per heavy atom. The number of benzene rings is 1. The van der Waals surface area contributed by atoms with Gasteiger partial charge in [-0.1, -0.05) is 0 Å². The molecule has 0 aromatic heterocycles. The highest BCUT2D eigenvalue weighted by molar-refractivity contribution is 5.97. The van der Waals surface area contributed by atoms with E-state index in [1.165, 1.54) is 29.7 Å². The van der Waals surface area contributed by atoms with E-state index in [-0.39, 0.29) is 17.4 Å². The lowest BCUT2D eigenvalue weighted by Gasteiger charge is -2.09. The standard InChI is InChI=1S/C13H12F3N3O3/c14-13(15,16)12(22)19-18-11(21)8-3-5-9(6-4-8)17-10(20)7-1-2-7/h3-7H,1-2H2,(H,17,20)(H,18,21)(H,19,22). The Hall–Kier alpha value is -2.58. The van der Waals surface area contributed by atoms with Gasteiger partial charge in [0.25, 0.3) is 5.91 Å². The first-order valence-electron chi connectivity index (χ1n) is 6.36. The molecule has 1 aliphatic carbocycles. The maximum atomic E-state index is 11.9. The van der Waals surface area contributed by atoms with Crippen molar-refractivity contribution in [3.63, 3.8) is 0 Å². The maximum Gasteiger partial charge on any atom is 0.472 e. The van der Waals surface area contributed by atoms with E-state index >= 15 is 0 Å². The molecule has 0 atom stereocenters. The van der Waals surface area contributed by atoms with Crippen LogP contribution in [0.1, 0.15) is 23.2 Å². The Labute approximate surface area is 123 Å². The Balaban J connectivity index is 1.88. The minimum atomic E-state index is -5.08. The van der Waals surface area contributed by atoms with Crippen molar-refractivity contribution in [2.75, 3.05) is 5.32 Å². The van der Waals surface area contributed by atoms with Crippen LogP contribution in [0.5, 0.6) is 0 Å². The molecule has 1 aliphatic rings. The van der Waals surface area contributed by atoms with Crippen LogP contribution in [0.2, 0.25) is 0 Å². The molecule has 2 rings (SSSR count). The van der Waals surface area contributed by atoms with Crippen LogP contribution in [-0.4, -0.2) is 23.9 Å². The van der Waals surface area contributed by atoms with Crippen LogP contribution < -0.4 is 16.2 Å². The number of hydrazine groups is 1. The highest BCUT2D eigenvalue weighted by Crippen LogP contribution is 2.30. The van der Waals surface area contributed by atoms with Crippen LogP contribution in [0.15, 0.2) is 24.3 Å². The van der Waals surface area contributed by atoms with Gasteiger partial charge in [-0.2, -0.15) is 13.2 Å². The Morgan fingerprint density at radius 2 is 1.59 bits per heavy atom. The third kappa shape index (κ3) is 4.21. The minimum Gasteiger partial charge on any atom is -0.326 e. The lowest BCUT2D eigenvalue weighted by atomic mass is 10.2. The fraction of sp³-hybridized carbons (Fsp3) is 0.308. The smallest absolute Gasteiger partial charge is 0.326 e. The second-order valence-electron chi connectivity index (χ2n) is 4.75. The second kappa shape index (κ2) is 6.04. The van der Waals surface area contributed by atoms with E-state index in [2.05, 4.69) is 5.32 Å². The molecule has 1 aromatic rings. The first-order valence-corrected chi connectivity index (χ1v) is 6.36. The van der Waals surface area contributed by atoms with Gasteiger partial charge in [-0.25, -0.2) is 0 Å². The summed E-state index contributed by atoms with van der Waals surface area (Å²) in [7, 11) is 0. The average molecular weight is 315 g/mol. The van der Waals surface area contributed by atoms with Crippen molar-refractivity contribution < 1.29 is 27.6 Å². The summed E-state index contributed by atoms with van der Waals surface area (Å²) in [6.45, 7) is 0. The van der Waals surface area contributed by atoms with Crippen molar-refractivity contribution in [2.45, 2.75) is 19.0 Å². The molecular formula is C13H12F3N3O3. The first-order chi connectivity index (χ1) is 10.3. The fourth-order valence-electron chi connectivity index (χ4n) is 1.55. The number of rotatable bonds is 3. The van der Waals surface area contributed by atoms with E-state index in [9.17, 15) is 27.6 Å². The van der Waals surface area contributed by atoms with E-state index < -0.39 is 18.0 Å². The van der Waals surface area contributed by atoms with Crippen molar-refractivity contribution in [1.29, 1.82) is 0 Å². The summed E-state index contributed by atoms with van der Waals surface area (Å²) in [6, 6.07) is 5.52. The molecule has 0 radical (unpaired) electrons. The molecule has 3 amide bonds. The number of anilines is 1. The lowest BCUT2D eigenvalue weighted by Crippen LogP contribution is -2.47. The second-order valence-corrected chi connectivity index (χ2v) is 4.75. The van der Waals surface area contributed by atoms with Gasteiger partial charge in [0.2, 0.25) is 5.91 Å². The number of halogens is 3. The quantitative estimate of drug-likeness (QED) is 0.736. The van der Waals surface area contributed by atoms with Gasteiger partial charge in [0.05, 0.1) is 0 Å². The van der Waals surface area contributed by atoms with Gasteiger partial charge in [0.1, 0.15) is 0 Å². The Bertz CT molecular complexity index is 595. The van der Waals surface area contributed by atoms with Gasteiger partial charge in [-0.3, -0.25) is 25.2 Å². The molecule has 0 saturated heterocycles. The topological polar surface area (TPSA) is 87.3 Å². The summed E-state index contributed by atoms with van der Waals surface area (Å²) >= 11 is 0. The van der Waals surface area contributed by atoms with Crippen LogP contribution in [-0.2, 0) is 9.59 Å². The molecule has 0 aliphatic heterocycles. The molecule has 0 spiro atoms. The number of hydrogen-bond acceptors (Lipinski definition) is 3. The van der Waals surface area contributed by atoms with Crippen LogP contribution >= 0.6 is 0 Å². The lowest BCUT2D eigenvalue weighted by molar-refractivity contribution is -0.174. The summed E-state index contributed by atoms with van der Waals surface area (Å²) < 4.78 is 35.8. The van der Waals surface area contributed by atoms with Gasteiger partial charge < -0.3 is 5.32 Å². The molecule has 22 heavy (non-hydrogen) atoms. The zero-order valence-corrected chi connectivity index (χ0v) is 11.2. The van der Waals surface area contributed by atoms with E-state index in [4.69, 9.17) is 0 Å². The van der Waals surface area contributed by atoms with Gasteiger partial charge >= 0.3 is 12.1 Å². The average Bonchev–Trinajstić information content (AvgIpc) is 3.28. The molecule has 0 bridgehead atoms. The number of alkyl halides is 3. The predicted octanol–water partition coefficient (Wildman–Crippen LogP) is 1.36. The highest BCUT2D eigenvalue weighted by atomic mass is 19.4. The van der Waals surface area contributed by atoms with Crippen LogP contribution in [0, 0.1) is 5.92 Å². The molecule has 6 nitrogen and oxygen atoms in total. The zero-order chi connectivity index (χ0) is 16.3. The maximum absolute atomic E-state index is 11.9. The third-order valence-corrected chi connectivity index (χ3v) is 2.91. The first kappa shape index (κ1) is 15.8.